The Morgan fingerprint density at radius 1 is 1.78 bits per heavy atom. The van der Waals surface area contributed by atoms with Gasteiger partial charge in [0.2, 0.25) is 0 Å². The molecule has 54 valence electrons. The summed E-state index contributed by atoms with van der Waals surface area (Å²) in [6.07, 6.45) is -0.678. The van der Waals surface area contributed by atoms with E-state index < -0.39 is 6.10 Å². The minimum atomic E-state index is -0.678. The van der Waals surface area contributed by atoms with E-state index in [0.29, 0.717) is 0 Å². The Hall–Kier alpha value is -0.410. The summed E-state index contributed by atoms with van der Waals surface area (Å²) in [6.45, 7) is 3.27. The average molecular weight is 131 g/mol. The van der Waals surface area contributed by atoms with Crippen molar-refractivity contribution in [2.45, 2.75) is 20.0 Å². The molecule has 0 rings (SSSR count). The maximum Gasteiger partial charge on any atom is 0.135 e. The molecule has 0 amide bonds. The highest BCUT2D eigenvalue weighted by molar-refractivity contribution is 5.78. The van der Waals surface area contributed by atoms with Crippen molar-refractivity contribution in [2.75, 3.05) is 6.54 Å². The highest BCUT2D eigenvalue weighted by Crippen LogP contribution is 2.01. The molecule has 0 aliphatic rings. The van der Waals surface area contributed by atoms with E-state index in [1.165, 1.54) is 6.92 Å². The molecule has 3 nitrogen and oxygen atoms in total. The number of Topliss-reactive ketones (excluding diaryl/α,β-unsaturated/α-hetero) is 1. The number of aliphatic hydroxyl groups is 1. The standard InChI is InChI=1S/C6H13NO2/c1-4(5(2)8)6(9)3-7/h4,6,9H,3,7H2,1-2H3. The van der Waals surface area contributed by atoms with Crippen molar-refractivity contribution in [1.29, 1.82) is 0 Å². The summed E-state index contributed by atoms with van der Waals surface area (Å²) in [5.74, 6) is -0.344. The van der Waals surface area contributed by atoms with Crippen LogP contribution in [0.15, 0.2) is 0 Å². The molecule has 0 fully saturated rings. The highest BCUT2D eigenvalue weighted by atomic mass is 16.3. The molecule has 0 radical (unpaired) electrons. The van der Waals surface area contributed by atoms with Crippen LogP contribution in [0.3, 0.4) is 0 Å². The molecule has 0 saturated carbocycles. The fourth-order valence-electron chi connectivity index (χ4n) is 0.475. The Morgan fingerprint density at radius 2 is 2.22 bits per heavy atom. The summed E-state index contributed by atoms with van der Waals surface area (Å²) in [7, 11) is 0. The Bertz CT molecular complexity index is 103. The molecule has 0 aliphatic heterocycles. The van der Waals surface area contributed by atoms with Crippen molar-refractivity contribution >= 4 is 5.78 Å². The number of ketones is 1. The summed E-state index contributed by atoms with van der Waals surface area (Å²) in [5.41, 5.74) is 5.11. The smallest absolute Gasteiger partial charge is 0.135 e. The maximum absolute atomic E-state index is 10.5. The quantitative estimate of drug-likeness (QED) is 0.544. The van der Waals surface area contributed by atoms with Crippen LogP contribution in [0.1, 0.15) is 13.8 Å². The van der Waals surface area contributed by atoms with E-state index in [1.54, 1.807) is 6.92 Å². The fourth-order valence-corrected chi connectivity index (χ4v) is 0.475. The summed E-state index contributed by atoms with van der Waals surface area (Å²) in [4.78, 5) is 10.5. The van der Waals surface area contributed by atoms with Gasteiger partial charge < -0.3 is 10.8 Å². The van der Waals surface area contributed by atoms with Crippen molar-refractivity contribution in [2.24, 2.45) is 11.7 Å². The van der Waals surface area contributed by atoms with Crippen LogP contribution in [0, 0.1) is 5.92 Å². The third-order valence-corrected chi connectivity index (χ3v) is 1.46. The molecule has 0 heterocycles. The second-order valence-corrected chi connectivity index (χ2v) is 2.20. The van der Waals surface area contributed by atoms with Crippen molar-refractivity contribution in [3.05, 3.63) is 0 Å². The molecule has 0 aromatic carbocycles. The normalized spacial score (nSPS) is 16.9. The predicted molar refractivity (Wildman–Crippen MR) is 34.9 cm³/mol. The third-order valence-electron chi connectivity index (χ3n) is 1.46. The monoisotopic (exact) mass is 131 g/mol. The van der Waals surface area contributed by atoms with E-state index in [9.17, 15) is 4.79 Å². The zero-order valence-corrected chi connectivity index (χ0v) is 5.79. The van der Waals surface area contributed by atoms with Crippen LogP contribution in [0.2, 0.25) is 0 Å². The van der Waals surface area contributed by atoms with Gasteiger partial charge in [-0.05, 0) is 6.92 Å². The predicted octanol–water partition coefficient (Wildman–Crippen LogP) is -0.469. The first-order chi connectivity index (χ1) is 4.09. The van der Waals surface area contributed by atoms with Crippen molar-refractivity contribution in [3.8, 4) is 0 Å². The number of carbonyl (C=O) groups is 1. The van der Waals surface area contributed by atoms with E-state index in [0.717, 1.165) is 0 Å². The van der Waals surface area contributed by atoms with Crippen LogP contribution in [-0.2, 0) is 4.79 Å². The SMILES string of the molecule is CC(=O)C(C)C(O)CN. The van der Waals surface area contributed by atoms with Gasteiger partial charge in [-0.25, -0.2) is 0 Å². The van der Waals surface area contributed by atoms with Gasteiger partial charge >= 0.3 is 0 Å². The number of aliphatic hydroxyl groups excluding tert-OH is 1. The van der Waals surface area contributed by atoms with Crippen LogP contribution >= 0.6 is 0 Å². The molecule has 2 unspecified atom stereocenters. The molecule has 0 aromatic rings. The van der Waals surface area contributed by atoms with Crippen LogP contribution < -0.4 is 5.73 Å². The van der Waals surface area contributed by atoms with E-state index in [4.69, 9.17) is 10.8 Å². The van der Waals surface area contributed by atoms with Gasteiger partial charge in [-0.15, -0.1) is 0 Å². The van der Waals surface area contributed by atoms with E-state index in [1.807, 2.05) is 0 Å². The van der Waals surface area contributed by atoms with Crippen molar-refractivity contribution in [3.63, 3.8) is 0 Å². The van der Waals surface area contributed by atoms with Gasteiger partial charge in [-0.2, -0.15) is 0 Å². The molecular formula is C6H13NO2. The van der Waals surface area contributed by atoms with E-state index in [2.05, 4.69) is 0 Å². The Morgan fingerprint density at radius 3 is 2.33 bits per heavy atom. The molecule has 0 saturated heterocycles. The highest BCUT2D eigenvalue weighted by Gasteiger charge is 2.15. The van der Waals surface area contributed by atoms with Crippen molar-refractivity contribution in [1.82, 2.24) is 0 Å². The van der Waals surface area contributed by atoms with Gasteiger partial charge in [0, 0.05) is 12.5 Å². The van der Waals surface area contributed by atoms with Gasteiger partial charge in [-0.1, -0.05) is 6.92 Å². The fraction of sp³-hybridized carbons (Fsp3) is 0.833. The first kappa shape index (κ1) is 8.59. The van der Waals surface area contributed by atoms with Crippen LogP contribution in [0.25, 0.3) is 0 Å². The minimum Gasteiger partial charge on any atom is -0.391 e. The minimum absolute atomic E-state index is 0.0204. The summed E-state index contributed by atoms with van der Waals surface area (Å²) >= 11 is 0. The van der Waals surface area contributed by atoms with Crippen molar-refractivity contribution < 1.29 is 9.90 Å². The zero-order valence-electron chi connectivity index (χ0n) is 5.79. The second kappa shape index (κ2) is 3.58. The number of nitrogens with two attached hydrogens (primary N) is 1. The molecule has 0 aromatic heterocycles. The first-order valence-corrected chi connectivity index (χ1v) is 2.98. The zero-order chi connectivity index (χ0) is 7.44. The molecule has 0 spiro atoms. The number of rotatable bonds is 3. The van der Waals surface area contributed by atoms with Gasteiger partial charge in [-0.3, -0.25) is 4.79 Å². The maximum atomic E-state index is 10.5. The van der Waals surface area contributed by atoms with Crippen LogP contribution in [-0.4, -0.2) is 23.5 Å². The third kappa shape index (κ3) is 2.58. The summed E-state index contributed by atoms with van der Waals surface area (Å²) in [5, 5.41) is 8.95. The Kier molecular flexibility index (Phi) is 3.42. The summed E-state index contributed by atoms with van der Waals surface area (Å²) in [6, 6.07) is 0. The van der Waals surface area contributed by atoms with Gasteiger partial charge in [0.15, 0.2) is 0 Å². The number of hydrogen-bond donors (Lipinski definition) is 2. The average Bonchev–Trinajstić information content (AvgIpc) is 1.84. The summed E-state index contributed by atoms with van der Waals surface area (Å²) < 4.78 is 0. The lowest BCUT2D eigenvalue weighted by Gasteiger charge is -2.12. The molecule has 0 bridgehead atoms. The molecule has 9 heavy (non-hydrogen) atoms. The van der Waals surface area contributed by atoms with E-state index in [-0.39, 0.29) is 18.2 Å². The Labute approximate surface area is 54.9 Å². The lowest BCUT2D eigenvalue weighted by Crippen LogP contribution is -2.30. The number of hydrogen-bond acceptors (Lipinski definition) is 3. The van der Waals surface area contributed by atoms with Crippen LogP contribution in [0.4, 0.5) is 0 Å². The van der Waals surface area contributed by atoms with Gasteiger partial charge in [0.25, 0.3) is 0 Å². The lowest BCUT2D eigenvalue weighted by atomic mass is 10.0. The first-order valence-electron chi connectivity index (χ1n) is 2.98. The second-order valence-electron chi connectivity index (χ2n) is 2.20. The topological polar surface area (TPSA) is 63.3 Å². The van der Waals surface area contributed by atoms with Gasteiger partial charge in [0.05, 0.1) is 6.10 Å². The van der Waals surface area contributed by atoms with Gasteiger partial charge in [0.1, 0.15) is 5.78 Å². The molecule has 0 aliphatic carbocycles. The molecule has 2 atom stereocenters. The van der Waals surface area contributed by atoms with Crippen LogP contribution in [0.5, 0.6) is 0 Å². The Balaban J connectivity index is 3.72. The lowest BCUT2D eigenvalue weighted by molar-refractivity contribution is -0.123. The molecule has 3 heteroatoms. The molecular weight excluding hydrogens is 118 g/mol. The molecule has 3 N–H and O–H groups in total. The largest absolute Gasteiger partial charge is 0.391 e. The van der Waals surface area contributed by atoms with E-state index >= 15 is 0 Å². The number of carbonyl (C=O) groups excluding carboxylic acids is 1.